The summed E-state index contributed by atoms with van der Waals surface area (Å²) in [5, 5.41) is 10.2. The van der Waals surface area contributed by atoms with Crippen molar-refractivity contribution in [1.29, 1.82) is 0 Å². The van der Waals surface area contributed by atoms with Gasteiger partial charge in [-0.3, -0.25) is 4.90 Å². The van der Waals surface area contributed by atoms with Gasteiger partial charge in [0, 0.05) is 24.1 Å². The van der Waals surface area contributed by atoms with Crippen LogP contribution in [0.25, 0.3) is 0 Å². The number of ether oxygens (including phenoxy) is 1. The maximum absolute atomic E-state index is 10.2. The van der Waals surface area contributed by atoms with Gasteiger partial charge < -0.3 is 9.84 Å². The van der Waals surface area contributed by atoms with E-state index in [1.807, 2.05) is 24.3 Å². The average molecular weight is 314 g/mol. The highest BCUT2D eigenvalue weighted by Crippen LogP contribution is 2.19. The summed E-state index contributed by atoms with van der Waals surface area (Å²) in [7, 11) is 0. The first kappa shape index (κ1) is 14.0. The Kier molecular flexibility index (Phi) is 5.18. The third-order valence-electron chi connectivity index (χ3n) is 3.36. The van der Waals surface area contributed by atoms with Crippen LogP contribution in [0.1, 0.15) is 25.0 Å². The maximum atomic E-state index is 10.2. The molecule has 2 atom stereocenters. The second-order valence-electron chi connectivity index (χ2n) is 4.73. The molecule has 1 fully saturated rings. The number of hydrogen-bond donors (Lipinski definition) is 1. The number of hydrogen-bond acceptors (Lipinski definition) is 3. The van der Waals surface area contributed by atoms with Crippen LogP contribution < -0.4 is 0 Å². The number of rotatable bonds is 4. The second-order valence-corrected chi connectivity index (χ2v) is 5.64. The van der Waals surface area contributed by atoms with Crippen molar-refractivity contribution in [1.82, 2.24) is 4.90 Å². The molecule has 1 aromatic rings. The Labute approximate surface area is 117 Å². The van der Waals surface area contributed by atoms with Crippen LogP contribution in [-0.4, -0.2) is 42.4 Å². The van der Waals surface area contributed by atoms with Crippen LogP contribution in [0.2, 0.25) is 0 Å². The lowest BCUT2D eigenvalue weighted by molar-refractivity contribution is -0.0418. The number of aliphatic hydroxyl groups is 1. The average Bonchev–Trinajstić information content (AvgIpc) is 2.39. The monoisotopic (exact) mass is 313 g/mol. The summed E-state index contributed by atoms with van der Waals surface area (Å²) in [6.07, 6.45) is 0.926. The molecule has 1 aliphatic heterocycles. The smallest absolute Gasteiger partial charge is 0.0916 e. The highest BCUT2D eigenvalue weighted by molar-refractivity contribution is 9.10. The molecule has 1 N–H and O–H groups in total. The summed E-state index contributed by atoms with van der Waals surface area (Å²) in [5.74, 6) is 0. The SMILES string of the molecule is CCC1CN(CC(O)c2ccc(Br)cc2)CCO1. The molecule has 3 nitrogen and oxygen atoms in total. The van der Waals surface area contributed by atoms with E-state index in [1.165, 1.54) is 0 Å². The third kappa shape index (κ3) is 3.79. The van der Waals surface area contributed by atoms with Gasteiger partial charge in [0.1, 0.15) is 0 Å². The predicted molar refractivity (Wildman–Crippen MR) is 75.6 cm³/mol. The van der Waals surface area contributed by atoms with Crippen LogP contribution in [-0.2, 0) is 4.74 Å². The van der Waals surface area contributed by atoms with Gasteiger partial charge in [0.25, 0.3) is 0 Å². The Morgan fingerprint density at radius 3 is 2.83 bits per heavy atom. The molecule has 4 heteroatoms. The largest absolute Gasteiger partial charge is 0.387 e. The quantitative estimate of drug-likeness (QED) is 0.927. The van der Waals surface area contributed by atoms with Crippen molar-refractivity contribution in [2.45, 2.75) is 25.6 Å². The van der Waals surface area contributed by atoms with E-state index in [2.05, 4.69) is 27.8 Å². The minimum Gasteiger partial charge on any atom is -0.387 e. The van der Waals surface area contributed by atoms with E-state index < -0.39 is 6.10 Å². The molecule has 1 aliphatic rings. The van der Waals surface area contributed by atoms with Crippen LogP contribution in [0.4, 0.5) is 0 Å². The summed E-state index contributed by atoms with van der Waals surface area (Å²) in [6.45, 7) is 5.42. The lowest BCUT2D eigenvalue weighted by atomic mass is 10.1. The Hall–Kier alpha value is -0.420. The Morgan fingerprint density at radius 1 is 1.44 bits per heavy atom. The van der Waals surface area contributed by atoms with Gasteiger partial charge in [0.2, 0.25) is 0 Å². The maximum Gasteiger partial charge on any atom is 0.0916 e. The number of morpholine rings is 1. The van der Waals surface area contributed by atoms with Crippen LogP contribution in [0.15, 0.2) is 28.7 Å². The first-order chi connectivity index (χ1) is 8.69. The lowest BCUT2D eigenvalue weighted by Crippen LogP contribution is -2.43. The van der Waals surface area contributed by atoms with E-state index in [-0.39, 0.29) is 0 Å². The summed E-state index contributed by atoms with van der Waals surface area (Å²) in [6, 6.07) is 7.86. The number of halogens is 1. The number of aliphatic hydroxyl groups excluding tert-OH is 1. The molecule has 1 aromatic carbocycles. The zero-order chi connectivity index (χ0) is 13.0. The number of β-amino-alcohol motifs (C(OH)–C–C–N with tert-alkyl or cyclic N) is 1. The topological polar surface area (TPSA) is 32.7 Å². The van der Waals surface area contributed by atoms with Gasteiger partial charge in [-0.25, -0.2) is 0 Å². The molecule has 1 saturated heterocycles. The van der Waals surface area contributed by atoms with Gasteiger partial charge in [0.15, 0.2) is 0 Å². The molecule has 2 unspecified atom stereocenters. The van der Waals surface area contributed by atoms with Crippen molar-refractivity contribution in [3.63, 3.8) is 0 Å². The fraction of sp³-hybridized carbons (Fsp3) is 0.571. The Morgan fingerprint density at radius 2 is 2.17 bits per heavy atom. The van der Waals surface area contributed by atoms with Gasteiger partial charge >= 0.3 is 0 Å². The number of nitrogens with zero attached hydrogens (tertiary/aromatic N) is 1. The van der Waals surface area contributed by atoms with Crippen molar-refractivity contribution in [2.75, 3.05) is 26.2 Å². The van der Waals surface area contributed by atoms with E-state index in [0.29, 0.717) is 12.6 Å². The predicted octanol–water partition coefficient (Wildman–Crippen LogP) is 2.59. The highest BCUT2D eigenvalue weighted by atomic mass is 79.9. The van der Waals surface area contributed by atoms with E-state index >= 15 is 0 Å². The molecular weight excluding hydrogens is 294 g/mol. The fourth-order valence-electron chi connectivity index (χ4n) is 2.23. The van der Waals surface area contributed by atoms with E-state index in [1.54, 1.807) is 0 Å². The van der Waals surface area contributed by atoms with Crippen LogP contribution >= 0.6 is 15.9 Å². The highest BCUT2D eigenvalue weighted by Gasteiger charge is 2.21. The molecule has 1 heterocycles. The molecule has 0 aliphatic carbocycles. The molecule has 0 bridgehead atoms. The minimum absolute atomic E-state index is 0.316. The molecule has 0 amide bonds. The molecular formula is C14H20BrNO2. The van der Waals surface area contributed by atoms with Crippen molar-refractivity contribution in [3.8, 4) is 0 Å². The van der Waals surface area contributed by atoms with Crippen LogP contribution in [0.5, 0.6) is 0 Å². The normalized spacial score (nSPS) is 22.9. The Balaban J connectivity index is 1.90. The van der Waals surface area contributed by atoms with Crippen molar-refractivity contribution in [3.05, 3.63) is 34.3 Å². The van der Waals surface area contributed by atoms with Crippen molar-refractivity contribution < 1.29 is 9.84 Å². The molecule has 0 radical (unpaired) electrons. The summed E-state index contributed by atoms with van der Waals surface area (Å²) < 4.78 is 6.67. The van der Waals surface area contributed by atoms with E-state index in [0.717, 1.165) is 36.2 Å². The van der Waals surface area contributed by atoms with Gasteiger partial charge in [0.05, 0.1) is 18.8 Å². The molecule has 0 aromatic heterocycles. The third-order valence-corrected chi connectivity index (χ3v) is 3.89. The van der Waals surface area contributed by atoms with E-state index in [9.17, 15) is 5.11 Å². The van der Waals surface area contributed by atoms with Gasteiger partial charge in [-0.05, 0) is 24.1 Å². The van der Waals surface area contributed by atoms with Crippen molar-refractivity contribution >= 4 is 15.9 Å². The van der Waals surface area contributed by atoms with Gasteiger partial charge in [-0.15, -0.1) is 0 Å². The lowest BCUT2D eigenvalue weighted by Gasteiger charge is -2.33. The molecule has 0 saturated carbocycles. The van der Waals surface area contributed by atoms with E-state index in [4.69, 9.17) is 4.74 Å². The Bertz CT molecular complexity index is 369. The van der Waals surface area contributed by atoms with Crippen molar-refractivity contribution in [2.24, 2.45) is 0 Å². The fourth-order valence-corrected chi connectivity index (χ4v) is 2.49. The second kappa shape index (κ2) is 6.66. The number of benzene rings is 1. The van der Waals surface area contributed by atoms with Crippen LogP contribution in [0.3, 0.4) is 0 Å². The minimum atomic E-state index is -0.422. The zero-order valence-electron chi connectivity index (χ0n) is 10.7. The summed E-state index contributed by atoms with van der Waals surface area (Å²) in [5.41, 5.74) is 0.970. The van der Waals surface area contributed by atoms with Gasteiger partial charge in [-0.2, -0.15) is 0 Å². The first-order valence-electron chi connectivity index (χ1n) is 6.46. The first-order valence-corrected chi connectivity index (χ1v) is 7.26. The summed E-state index contributed by atoms with van der Waals surface area (Å²) in [4.78, 5) is 2.28. The van der Waals surface area contributed by atoms with Gasteiger partial charge in [-0.1, -0.05) is 35.0 Å². The standard InChI is InChI=1S/C14H20BrNO2/c1-2-13-9-16(7-8-18-13)10-14(17)11-3-5-12(15)6-4-11/h3-6,13-14,17H,2,7-10H2,1H3. The molecule has 18 heavy (non-hydrogen) atoms. The molecule has 2 rings (SSSR count). The zero-order valence-corrected chi connectivity index (χ0v) is 12.3. The van der Waals surface area contributed by atoms with Crippen LogP contribution in [0, 0.1) is 0 Å². The molecule has 0 spiro atoms. The molecule has 100 valence electrons. The summed E-state index contributed by atoms with van der Waals surface area (Å²) >= 11 is 3.40.